The van der Waals surface area contributed by atoms with Gasteiger partial charge in [-0.25, -0.2) is 9.97 Å². The minimum Gasteiger partial charge on any atom is -0.431 e. The summed E-state index contributed by atoms with van der Waals surface area (Å²) in [6.45, 7) is 1.74. The molecule has 1 N–H and O–H groups in total. The van der Waals surface area contributed by atoms with Crippen LogP contribution in [0.25, 0.3) is 11.4 Å². The van der Waals surface area contributed by atoms with Crippen molar-refractivity contribution < 1.29 is 4.42 Å². The molecule has 100 valence electrons. The third-order valence-corrected chi connectivity index (χ3v) is 3.66. The van der Waals surface area contributed by atoms with Crippen molar-refractivity contribution in [1.82, 2.24) is 19.5 Å². The lowest BCUT2D eigenvalue weighted by atomic mass is 10.2. The molecule has 3 aliphatic rings. The Hall–Kier alpha value is -2.22. The highest BCUT2D eigenvalue weighted by Gasteiger charge is 2.19. The summed E-state index contributed by atoms with van der Waals surface area (Å²) in [7, 11) is 0. The molecular formula is C12H9BrN6O. The molecule has 0 bridgehead atoms. The van der Waals surface area contributed by atoms with Crippen LogP contribution in [0.4, 0.5) is 11.8 Å². The fraction of sp³-hybridized carbons (Fsp3) is 0.167. The van der Waals surface area contributed by atoms with E-state index in [0.717, 1.165) is 34.8 Å². The third-order valence-electron chi connectivity index (χ3n) is 3.06. The molecule has 0 atom stereocenters. The number of fused-ring (bicyclic) bond motifs is 3. The minimum atomic E-state index is 0.251. The Bertz CT molecular complexity index is 809. The minimum absolute atomic E-state index is 0.251. The topological polar surface area (TPSA) is 81.1 Å². The Morgan fingerprint density at radius 1 is 1.40 bits per heavy atom. The van der Waals surface area contributed by atoms with Crippen molar-refractivity contribution in [3.63, 3.8) is 0 Å². The highest BCUT2D eigenvalue weighted by molar-refractivity contribution is 9.10. The van der Waals surface area contributed by atoms with Crippen molar-refractivity contribution in [1.29, 1.82) is 0 Å². The average molecular weight is 333 g/mol. The molecule has 7 nitrogen and oxygen atoms in total. The van der Waals surface area contributed by atoms with E-state index in [1.54, 1.807) is 6.20 Å². The maximum Gasteiger partial charge on any atom is 0.324 e. The van der Waals surface area contributed by atoms with Gasteiger partial charge in [0.25, 0.3) is 5.62 Å². The monoisotopic (exact) mass is 332 g/mol. The highest BCUT2D eigenvalue weighted by atomic mass is 79.9. The van der Waals surface area contributed by atoms with Crippen LogP contribution in [0.2, 0.25) is 0 Å². The van der Waals surface area contributed by atoms with Gasteiger partial charge in [0.1, 0.15) is 17.9 Å². The maximum absolute atomic E-state index is 5.08. The normalized spacial score (nSPS) is 14.6. The summed E-state index contributed by atoms with van der Waals surface area (Å²) in [6.07, 6.45) is 4.75. The summed E-state index contributed by atoms with van der Waals surface area (Å²) >= 11 is 3.55. The number of rotatable bonds is 1. The number of hydrogen-bond acceptors (Lipinski definition) is 6. The Kier molecular flexibility index (Phi) is 2.56. The largest absolute Gasteiger partial charge is 0.431 e. The number of aromatic nitrogens is 4. The van der Waals surface area contributed by atoms with E-state index in [4.69, 9.17) is 4.42 Å². The number of hydrogen-bond donors (Lipinski definition) is 1. The first-order chi connectivity index (χ1) is 9.81. The summed E-state index contributed by atoms with van der Waals surface area (Å²) < 4.78 is 8.19. The number of anilines is 1. The van der Waals surface area contributed by atoms with Crippen LogP contribution < -0.4 is 10.9 Å². The molecule has 1 aromatic rings. The standard InChI is InChI=1S/C12H9BrN6O/c13-8-5-7-6-16-11(18-12-15-2-4-20-12)17-9(7)19-3-1-14-10(8)19/h2,4-6,14H,1,3H2/b18-11-. The van der Waals surface area contributed by atoms with Gasteiger partial charge in [0.05, 0.1) is 10.7 Å². The first-order valence-corrected chi connectivity index (χ1v) is 6.85. The summed E-state index contributed by atoms with van der Waals surface area (Å²) in [4.78, 5) is 16.8. The van der Waals surface area contributed by atoms with Crippen LogP contribution in [0.5, 0.6) is 0 Å². The molecule has 0 aliphatic carbocycles. The molecule has 0 unspecified atom stereocenters. The average Bonchev–Trinajstić information content (AvgIpc) is 3.10. The molecule has 8 heteroatoms. The smallest absolute Gasteiger partial charge is 0.324 e. The van der Waals surface area contributed by atoms with E-state index < -0.39 is 0 Å². The second kappa shape index (κ2) is 4.41. The Morgan fingerprint density at radius 3 is 3.20 bits per heavy atom. The summed E-state index contributed by atoms with van der Waals surface area (Å²) in [5.74, 6) is 1.87. The lowest BCUT2D eigenvalue weighted by Gasteiger charge is -2.13. The van der Waals surface area contributed by atoms with Gasteiger partial charge in [-0.2, -0.15) is 9.98 Å². The van der Waals surface area contributed by atoms with Crippen molar-refractivity contribution in [2.75, 3.05) is 11.9 Å². The van der Waals surface area contributed by atoms with E-state index in [1.165, 1.54) is 12.5 Å². The molecule has 0 saturated heterocycles. The zero-order valence-electron chi connectivity index (χ0n) is 10.2. The van der Waals surface area contributed by atoms with Gasteiger partial charge in [0.2, 0.25) is 0 Å². The van der Waals surface area contributed by atoms with Crippen molar-refractivity contribution >= 4 is 27.8 Å². The highest BCUT2D eigenvalue weighted by Crippen LogP contribution is 2.32. The Balaban J connectivity index is 1.96. The predicted octanol–water partition coefficient (Wildman–Crippen LogP) is 1.79. The number of halogens is 1. The fourth-order valence-electron chi connectivity index (χ4n) is 2.23. The van der Waals surface area contributed by atoms with E-state index in [9.17, 15) is 0 Å². The van der Waals surface area contributed by atoms with E-state index in [-0.39, 0.29) is 6.01 Å². The second-order valence-electron chi connectivity index (χ2n) is 4.29. The molecular weight excluding hydrogens is 324 g/mol. The van der Waals surface area contributed by atoms with E-state index in [1.807, 2.05) is 6.07 Å². The van der Waals surface area contributed by atoms with Crippen LogP contribution >= 0.6 is 15.9 Å². The molecule has 20 heavy (non-hydrogen) atoms. The number of pyridine rings is 1. The number of nitrogens with zero attached hydrogens (tertiary/aromatic N) is 5. The van der Waals surface area contributed by atoms with E-state index in [0.29, 0.717) is 5.62 Å². The molecule has 4 heterocycles. The lowest BCUT2D eigenvalue weighted by molar-refractivity contribution is 0.564. The molecule has 3 aliphatic heterocycles. The quantitative estimate of drug-likeness (QED) is 0.734. The van der Waals surface area contributed by atoms with Crippen LogP contribution in [0.3, 0.4) is 0 Å². The van der Waals surface area contributed by atoms with Gasteiger partial charge in [-0.3, -0.25) is 0 Å². The molecule has 1 aromatic heterocycles. The molecule has 0 amide bonds. The molecule has 0 fully saturated rings. The summed E-state index contributed by atoms with van der Waals surface area (Å²) in [6, 6.07) is 2.25. The van der Waals surface area contributed by atoms with Gasteiger partial charge in [0.15, 0.2) is 0 Å². The van der Waals surface area contributed by atoms with Crippen LogP contribution in [0, 0.1) is 0 Å². The zero-order valence-corrected chi connectivity index (χ0v) is 11.8. The van der Waals surface area contributed by atoms with Gasteiger partial charge in [-0.15, -0.1) is 0 Å². The summed E-state index contributed by atoms with van der Waals surface area (Å²) in [5, 5.41) is 3.32. The van der Waals surface area contributed by atoms with Gasteiger partial charge >= 0.3 is 6.01 Å². The van der Waals surface area contributed by atoms with Crippen molar-refractivity contribution in [2.45, 2.75) is 6.54 Å². The fourth-order valence-corrected chi connectivity index (χ4v) is 2.83. The lowest BCUT2D eigenvalue weighted by Crippen LogP contribution is -2.17. The first kappa shape index (κ1) is 11.6. The van der Waals surface area contributed by atoms with Crippen LogP contribution in [-0.4, -0.2) is 26.1 Å². The summed E-state index contributed by atoms with van der Waals surface area (Å²) in [5.41, 5.74) is 1.29. The Labute approximate surface area is 121 Å². The van der Waals surface area contributed by atoms with Crippen molar-refractivity contribution in [3.05, 3.63) is 34.8 Å². The Morgan fingerprint density at radius 2 is 2.35 bits per heavy atom. The van der Waals surface area contributed by atoms with E-state index in [2.05, 4.69) is 45.8 Å². The van der Waals surface area contributed by atoms with Crippen molar-refractivity contribution in [2.24, 2.45) is 4.99 Å². The van der Waals surface area contributed by atoms with Crippen LogP contribution in [0.15, 0.2) is 38.6 Å². The van der Waals surface area contributed by atoms with Crippen molar-refractivity contribution in [3.8, 4) is 11.4 Å². The SMILES string of the molecule is Brc1cc2cn/c(=N/c3ncco3)nc-2n2c1NCC2. The molecule has 0 saturated carbocycles. The van der Waals surface area contributed by atoms with Gasteiger partial charge in [0, 0.05) is 24.8 Å². The molecule has 0 aromatic carbocycles. The maximum atomic E-state index is 5.08. The first-order valence-electron chi connectivity index (χ1n) is 6.05. The third kappa shape index (κ3) is 1.80. The molecule has 4 rings (SSSR count). The predicted molar refractivity (Wildman–Crippen MR) is 74.6 cm³/mol. The zero-order chi connectivity index (χ0) is 13.5. The molecule has 0 radical (unpaired) electrons. The molecule has 0 spiro atoms. The van der Waals surface area contributed by atoms with E-state index >= 15 is 0 Å². The number of nitrogens with one attached hydrogen (secondary N) is 1. The van der Waals surface area contributed by atoms with Gasteiger partial charge in [-0.1, -0.05) is 0 Å². The van der Waals surface area contributed by atoms with Gasteiger partial charge in [-0.05, 0) is 22.0 Å². The van der Waals surface area contributed by atoms with Crippen LogP contribution in [-0.2, 0) is 6.54 Å². The van der Waals surface area contributed by atoms with Gasteiger partial charge < -0.3 is 14.3 Å². The number of oxazole rings is 1. The second-order valence-corrected chi connectivity index (χ2v) is 5.15. The van der Waals surface area contributed by atoms with Crippen LogP contribution in [0.1, 0.15) is 0 Å².